The Labute approximate surface area is 181 Å². The van der Waals surface area contributed by atoms with Crippen LogP contribution in [0.15, 0.2) is 59.6 Å². The summed E-state index contributed by atoms with van der Waals surface area (Å²) in [5.74, 6) is 2.08. The van der Waals surface area contributed by atoms with Gasteiger partial charge in [0.25, 0.3) is 0 Å². The highest BCUT2D eigenvalue weighted by Gasteiger charge is 2.39. The molecular formula is C25H25NOS2. The first-order chi connectivity index (χ1) is 14.2. The van der Waals surface area contributed by atoms with Crippen molar-refractivity contribution >= 4 is 28.1 Å². The van der Waals surface area contributed by atoms with E-state index in [1.165, 1.54) is 63.6 Å². The Morgan fingerprint density at radius 1 is 0.966 bits per heavy atom. The van der Waals surface area contributed by atoms with Crippen LogP contribution in [0.25, 0.3) is 21.6 Å². The maximum absolute atomic E-state index is 5.41. The first-order valence-corrected chi connectivity index (χ1v) is 12.0. The third-order valence-electron chi connectivity index (χ3n) is 6.05. The highest BCUT2D eigenvalue weighted by Crippen LogP contribution is 2.49. The lowest BCUT2D eigenvalue weighted by Gasteiger charge is -2.37. The van der Waals surface area contributed by atoms with Gasteiger partial charge in [0.05, 0.1) is 17.7 Å². The van der Waals surface area contributed by atoms with Crippen LogP contribution in [0.5, 0.6) is 5.75 Å². The van der Waals surface area contributed by atoms with Crippen molar-refractivity contribution in [1.82, 2.24) is 0 Å². The molecule has 1 atom stereocenters. The summed E-state index contributed by atoms with van der Waals surface area (Å²) in [4.78, 5) is 8.09. The molecular weight excluding hydrogens is 394 g/mol. The number of thioether (sulfide) groups is 1. The van der Waals surface area contributed by atoms with Crippen LogP contribution in [0.4, 0.5) is 0 Å². The first-order valence-electron chi connectivity index (χ1n) is 10.2. The second kappa shape index (κ2) is 7.66. The van der Waals surface area contributed by atoms with Crippen molar-refractivity contribution in [3.8, 4) is 27.3 Å². The fourth-order valence-electron chi connectivity index (χ4n) is 4.61. The average molecular weight is 420 g/mol. The zero-order chi connectivity index (χ0) is 19.8. The molecule has 2 aromatic carbocycles. The third kappa shape index (κ3) is 3.53. The Morgan fingerprint density at radius 3 is 2.59 bits per heavy atom. The van der Waals surface area contributed by atoms with E-state index in [2.05, 4.69) is 55.5 Å². The van der Waals surface area contributed by atoms with Gasteiger partial charge >= 0.3 is 0 Å². The molecule has 1 spiro atoms. The molecule has 2 nitrogen and oxygen atoms in total. The minimum absolute atomic E-state index is 0.0298. The smallest absolute Gasteiger partial charge is 0.119 e. The lowest BCUT2D eigenvalue weighted by atomic mass is 9.78. The van der Waals surface area contributed by atoms with Crippen LogP contribution < -0.4 is 4.74 Å². The molecule has 29 heavy (non-hydrogen) atoms. The van der Waals surface area contributed by atoms with Crippen LogP contribution >= 0.6 is 23.1 Å². The van der Waals surface area contributed by atoms with Gasteiger partial charge in [0.15, 0.2) is 0 Å². The second-order valence-electron chi connectivity index (χ2n) is 7.87. The van der Waals surface area contributed by atoms with Crippen molar-refractivity contribution < 1.29 is 4.74 Å². The van der Waals surface area contributed by atoms with E-state index in [0.717, 1.165) is 5.75 Å². The number of methoxy groups -OCH3 is 1. The molecule has 0 amide bonds. The molecule has 4 heteroatoms. The van der Waals surface area contributed by atoms with Gasteiger partial charge in [0, 0.05) is 15.5 Å². The number of thiophene rings is 1. The quantitative estimate of drug-likeness (QED) is 0.448. The van der Waals surface area contributed by atoms with E-state index < -0.39 is 0 Å². The lowest BCUT2D eigenvalue weighted by molar-refractivity contribution is 0.368. The Bertz CT molecular complexity index is 1080. The molecule has 0 saturated carbocycles. The molecule has 5 rings (SSSR count). The minimum atomic E-state index is 0.0298. The van der Waals surface area contributed by atoms with Crippen molar-refractivity contribution in [2.24, 2.45) is 4.99 Å². The molecule has 1 unspecified atom stereocenters. The van der Waals surface area contributed by atoms with Gasteiger partial charge < -0.3 is 4.74 Å². The van der Waals surface area contributed by atoms with Crippen LogP contribution in [0.1, 0.15) is 36.6 Å². The van der Waals surface area contributed by atoms with Gasteiger partial charge in [-0.2, -0.15) is 0 Å². The SMILES string of the molecule is COc1cccc(-c2cccc(-c3cc4c(s3)CCCC43CCSC(C)=N3)c2)c1. The van der Waals surface area contributed by atoms with Crippen LogP contribution in [0.2, 0.25) is 0 Å². The molecule has 0 N–H and O–H groups in total. The summed E-state index contributed by atoms with van der Waals surface area (Å²) in [5.41, 5.74) is 5.24. The molecule has 0 fully saturated rings. The summed E-state index contributed by atoms with van der Waals surface area (Å²) in [6.45, 7) is 2.17. The molecule has 0 radical (unpaired) electrons. The molecule has 3 aromatic rings. The van der Waals surface area contributed by atoms with Gasteiger partial charge in [-0.05, 0) is 79.1 Å². The molecule has 0 saturated heterocycles. The summed E-state index contributed by atoms with van der Waals surface area (Å²) in [6, 6.07) is 19.6. The standard InChI is InChI=1S/C25H25NOS2/c1-17-26-25(12-13-28-17)11-5-10-23-22(25)16-24(29-23)20-8-3-6-18(14-20)19-7-4-9-21(15-19)27-2/h3-4,6-9,14-16H,5,10-13H2,1-2H3. The number of hydrogen-bond acceptors (Lipinski definition) is 4. The fourth-order valence-corrected chi connectivity index (χ4v) is 6.88. The second-order valence-corrected chi connectivity index (χ2v) is 10.3. The van der Waals surface area contributed by atoms with E-state index in [1.807, 2.05) is 29.2 Å². The van der Waals surface area contributed by atoms with Crippen LogP contribution in [0, 0.1) is 0 Å². The molecule has 0 bridgehead atoms. The fraction of sp³-hybridized carbons (Fsp3) is 0.320. The van der Waals surface area contributed by atoms with Gasteiger partial charge in [0.2, 0.25) is 0 Å². The number of fused-ring (bicyclic) bond motifs is 2. The van der Waals surface area contributed by atoms with Crippen LogP contribution in [0.3, 0.4) is 0 Å². The van der Waals surface area contributed by atoms with E-state index >= 15 is 0 Å². The summed E-state index contributed by atoms with van der Waals surface area (Å²) in [7, 11) is 1.72. The average Bonchev–Trinajstić information content (AvgIpc) is 3.20. The summed E-state index contributed by atoms with van der Waals surface area (Å²) >= 11 is 3.88. The Balaban J connectivity index is 1.55. The van der Waals surface area contributed by atoms with Gasteiger partial charge in [-0.3, -0.25) is 4.99 Å². The summed E-state index contributed by atoms with van der Waals surface area (Å²) in [6.07, 6.45) is 4.80. The zero-order valence-electron chi connectivity index (χ0n) is 16.9. The van der Waals surface area contributed by atoms with Crippen molar-refractivity contribution in [3.05, 3.63) is 65.0 Å². The lowest BCUT2D eigenvalue weighted by Crippen LogP contribution is -2.31. The van der Waals surface area contributed by atoms with Crippen molar-refractivity contribution in [2.75, 3.05) is 12.9 Å². The molecule has 1 aromatic heterocycles. The van der Waals surface area contributed by atoms with Gasteiger partial charge in [0.1, 0.15) is 5.75 Å². The molecule has 2 aliphatic rings. The van der Waals surface area contributed by atoms with Gasteiger partial charge in [-0.1, -0.05) is 30.3 Å². The predicted molar refractivity (Wildman–Crippen MR) is 127 cm³/mol. The van der Waals surface area contributed by atoms with Gasteiger partial charge in [-0.15, -0.1) is 23.1 Å². The maximum atomic E-state index is 5.41. The van der Waals surface area contributed by atoms with Crippen LogP contribution in [-0.2, 0) is 12.0 Å². The molecule has 1 aliphatic heterocycles. The number of aliphatic imine (C=N–C) groups is 1. The topological polar surface area (TPSA) is 21.6 Å². The number of benzene rings is 2. The molecule has 2 heterocycles. The van der Waals surface area contributed by atoms with E-state index in [1.54, 1.807) is 12.0 Å². The Kier molecular flexibility index (Phi) is 5.00. The van der Waals surface area contributed by atoms with Crippen LogP contribution in [-0.4, -0.2) is 17.9 Å². The maximum Gasteiger partial charge on any atom is 0.119 e. The Hall–Kier alpha value is -2.04. The highest BCUT2D eigenvalue weighted by atomic mass is 32.2. The predicted octanol–water partition coefficient (Wildman–Crippen LogP) is 7.18. The van der Waals surface area contributed by atoms with Crippen molar-refractivity contribution in [3.63, 3.8) is 0 Å². The van der Waals surface area contributed by atoms with E-state index in [0.29, 0.717) is 0 Å². The van der Waals surface area contributed by atoms with Crippen molar-refractivity contribution in [1.29, 1.82) is 0 Å². The number of aryl methyl sites for hydroxylation is 1. The molecule has 1 aliphatic carbocycles. The number of ether oxygens (including phenoxy) is 1. The van der Waals surface area contributed by atoms with E-state index in [9.17, 15) is 0 Å². The third-order valence-corrected chi connectivity index (χ3v) is 8.21. The van der Waals surface area contributed by atoms with E-state index in [4.69, 9.17) is 9.73 Å². The number of nitrogens with zero attached hydrogens (tertiary/aromatic N) is 1. The normalized spacial score (nSPS) is 21.0. The van der Waals surface area contributed by atoms with Gasteiger partial charge in [-0.25, -0.2) is 0 Å². The Morgan fingerprint density at radius 2 is 1.76 bits per heavy atom. The highest BCUT2D eigenvalue weighted by molar-refractivity contribution is 8.13. The molecule has 148 valence electrons. The monoisotopic (exact) mass is 419 g/mol. The summed E-state index contributed by atoms with van der Waals surface area (Å²) in [5, 5.41) is 1.25. The number of hydrogen-bond donors (Lipinski definition) is 0. The first kappa shape index (κ1) is 19.0. The van der Waals surface area contributed by atoms with Crippen molar-refractivity contribution in [2.45, 2.75) is 38.1 Å². The largest absolute Gasteiger partial charge is 0.497 e. The van der Waals surface area contributed by atoms with E-state index in [-0.39, 0.29) is 5.54 Å². The summed E-state index contributed by atoms with van der Waals surface area (Å²) < 4.78 is 5.41. The zero-order valence-corrected chi connectivity index (χ0v) is 18.5. The minimum Gasteiger partial charge on any atom is -0.497 e. The number of rotatable bonds is 3.